The minimum absolute atomic E-state index is 0.0961. The van der Waals surface area contributed by atoms with Crippen molar-refractivity contribution in [2.24, 2.45) is 5.92 Å². The van der Waals surface area contributed by atoms with E-state index in [-0.39, 0.29) is 12.1 Å². The van der Waals surface area contributed by atoms with E-state index in [4.69, 9.17) is 9.47 Å². The Morgan fingerprint density at radius 3 is 2.69 bits per heavy atom. The molecule has 0 bridgehead atoms. The van der Waals surface area contributed by atoms with Gasteiger partial charge in [0.15, 0.2) is 0 Å². The van der Waals surface area contributed by atoms with E-state index in [2.05, 4.69) is 13.8 Å². The molecule has 1 rings (SSSR count). The van der Waals surface area contributed by atoms with E-state index in [1.54, 1.807) is 12.0 Å². The molecule has 0 amide bonds. The SMILES string of the molecule is COCC[NH+]1CC[C@H](OC(C)=O)[C@@H](C)[C@H]1C. The molecule has 1 unspecified atom stereocenters. The van der Waals surface area contributed by atoms with Crippen LogP contribution < -0.4 is 4.90 Å². The Hall–Kier alpha value is -0.610. The van der Waals surface area contributed by atoms with Gasteiger partial charge in [0.1, 0.15) is 12.6 Å². The Kier molecular flexibility index (Phi) is 5.22. The van der Waals surface area contributed by atoms with Crippen molar-refractivity contribution < 1.29 is 19.2 Å². The van der Waals surface area contributed by atoms with Crippen LogP contribution in [0.2, 0.25) is 0 Å². The lowest BCUT2D eigenvalue weighted by Gasteiger charge is -2.39. The molecule has 0 aromatic rings. The van der Waals surface area contributed by atoms with Crippen LogP contribution in [-0.4, -0.2) is 44.9 Å². The molecule has 0 aliphatic carbocycles. The average Bonchev–Trinajstić information content (AvgIpc) is 2.23. The highest BCUT2D eigenvalue weighted by Crippen LogP contribution is 2.17. The molecule has 0 saturated carbocycles. The molecule has 0 aromatic heterocycles. The fraction of sp³-hybridized carbons (Fsp3) is 0.917. The predicted molar refractivity (Wildman–Crippen MR) is 61.4 cm³/mol. The highest BCUT2D eigenvalue weighted by molar-refractivity contribution is 5.66. The molecule has 1 saturated heterocycles. The van der Waals surface area contributed by atoms with E-state index in [1.165, 1.54) is 6.92 Å². The number of hydrogen-bond donors (Lipinski definition) is 1. The van der Waals surface area contributed by atoms with E-state index < -0.39 is 0 Å². The van der Waals surface area contributed by atoms with Crippen LogP contribution in [0.25, 0.3) is 0 Å². The van der Waals surface area contributed by atoms with Gasteiger partial charge in [0.25, 0.3) is 0 Å². The quantitative estimate of drug-likeness (QED) is 0.684. The van der Waals surface area contributed by atoms with Crippen LogP contribution in [0.5, 0.6) is 0 Å². The maximum absolute atomic E-state index is 11.0. The average molecular weight is 230 g/mol. The second kappa shape index (κ2) is 6.21. The summed E-state index contributed by atoms with van der Waals surface area (Å²) >= 11 is 0. The number of carbonyl (C=O) groups is 1. The second-order valence-corrected chi connectivity index (χ2v) is 4.74. The van der Waals surface area contributed by atoms with Crippen molar-refractivity contribution in [3.8, 4) is 0 Å². The van der Waals surface area contributed by atoms with Crippen molar-refractivity contribution in [3.05, 3.63) is 0 Å². The molecule has 0 spiro atoms. The summed E-state index contributed by atoms with van der Waals surface area (Å²) in [5.74, 6) is 0.258. The van der Waals surface area contributed by atoms with Crippen LogP contribution in [0.15, 0.2) is 0 Å². The van der Waals surface area contributed by atoms with E-state index in [1.807, 2.05) is 0 Å². The van der Waals surface area contributed by atoms with Gasteiger partial charge in [-0.2, -0.15) is 0 Å². The molecule has 4 nitrogen and oxygen atoms in total. The standard InChI is InChI=1S/C12H23NO3/c1-9-10(2)13(7-8-15-4)6-5-12(9)16-11(3)14/h9-10,12H,5-8H2,1-4H3/p+1/t9-,10+,12-/m0/s1. The van der Waals surface area contributed by atoms with Crippen molar-refractivity contribution in [1.82, 2.24) is 0 Å². The van der Waals surface area contributed by atoms with Crippen LogP contribution in [0.4, 0.5) is 0 Å². The Balaban J connectivity index is 2.47. The van der Waals surface area contributed by atoms with Gasteiger partial charge in [-0.3, -0.25) is 4.79 Å². The van der Waals surface area contributed by atoms with E-state index in [9.17, 15) is 4.79 Å². The lowest BCUT2D eigenvalue weighted by Crippen LogP contribution is -3.18. The molecular formula is C12H24NO3+. The Labute approximate surface area is 97.9 Å². The number of rotatable bonds is 4. The maximum atomic E-state index is 11.0. The summed E-state index contributed by atoms with van der Waals surface area (Å²) in [6.07, 6.45) is 1.06. The largest absolute Gasteiger partial charge is 0.462 e. The van der Waals surface area contributed by atoms with Crippen molar-refractivity contribution in [3.63, 3.8) is 0 Å². The number of hydrogen-bond acceptors (Lipinski definition) is 3. The first-order valence-electron chi connectivity index (χ1n) is 6.07. The third kappa shape index (κ3) is 3.46. The lowest BCUT2D eigenvalue weighted by atomic mass is 9.89. The highest BCUT2D eigenvalue weighted by atomic mass is 16.5. The van der Waals surface area contributed by atoms with Crippen LogP contribution in [0.3, 0.4) is 0 Å². The van der Waals surface area contributed by atoms with E-state index >= 15 is 0 Å². The molecule has 94 valence electrons. The second-order valence-electron chi connectivity index (χ2n) is 4.74. The summed E-state index contributed by atoms with van der Waals surface area (Å²) < 4.78 is 10.5. The van der Waals surface area contributed by atoms with Crippen molar-refractivity contribution in [2.75, 3.05) is 26.8 Å². The first-order chi connectivity index (χ1) is 7.56. The third-order valence-corrected chi connectivity index (χ3v) is 3.71. The van der Waals surface area contributed by atoms with Crippen molar-refractivity contribution in [1.29, 1.82) is 0 Å². The molecular weight excluding hydrogens is 206 g/mol. The number of piperidine rings is 1. The number of nitrogens with one attached hydrogen (secondary N) is 1. The normalized spacial score (nSPS) is 34.8. The van der Waals surface area contributed by atoms with Crippen LogP contribution >= 0.6 is 0 Å². The zero-order chi connectivity index (χ0) is 12.1. The van der Waals surface area contributed by atoms with Gasteiger partial charge < -0.3 is 14.4 Å². The number of carbonyl (C=O) groups excluding carboxylic acids is 1. The summed E-state index contributed by atoms with van der Waals surface area (Å²) in [4.78, 5) is 12.5. The molecule has 4 heteroatoms. The first-order valence-corrected chi connectivity index (χ1v) is 6.07. The first kappa shape index (κ1) is 13.5. The van der Waals surface area contributed by atoms with Gasteiger partial charge in [0.2, 0.25) is 0 Å². The van der Waals surface area contributed by atoms with Gasteiger partial charge in [-0.05, 0) is 6.92 Å². The van der Waals surface area contributed by atoms with Gasteiger partial charge >= 0.3 is 5.97 Å². The summed E-state index contributed by atoms with van der Waals surface area (Å²) in [5.41, 5.74) is 0. The molecule has 4 atom stereocenters. The minimum Gasteiger partial charge on any atom is -0.462 e. The van der Waals surface area contributed by atoms with Gasteiger partial charge in [0.05, 0.1) is 19.2 Å². The Bertz CT molecular complexity index is 232. The molecule has 16 heavy (non-hydrogen) atoms. The molecule has 0 radical (unpaired) electrons. The number of esters is 1. The molecule has 0 aromatic carbocycles. The van der Waals surface area contributed by atoms with Crippen molar-refractivity contribution >= 4 is 5.97 Å². The molecule has 1 fully saturated rings. The molecule has 1 aliphatic heterocycles. The number of likely N-dealkylation sites (tertiary alicyclic amines) is 1. The summed E-state index contributed by atoms with van der Waals surface area (Å²) in [7, 11) is 1.74. The van der Waals surface area contributed by atoms with Crippen LogP contribution in [0.1, 0.15) is 27.2 Å². The topological polar surface area (TPSA) is 40.0 Å². The summed E-state index contributed by atoms with van der Waals surface area (Å²) in [6.45, 7) is 8.78. The Morgan fingerprint density at radius 2 is 2.12 bits per heavy atom. The number of ether oxygens (including phenoxy) is 2. The monoisotopic (exact) mass is 230 g/mol. The molecule has 1 aliphatic rings. The lowest BCUT2D eigenvalue weighted by molar-refractivity contribution is -0.934. The van der Waals surface area contributed by atoms with Gasteiger partial charge in [0, 0.05) is 26.4 Å². The van der Waals surface area contributed by atoms with Crippen LogP contribution in [-0.2, 0) is 14.3 Å². The number of methoxy groups -OCH3 is 1. The molecule has 1 N–H and O–H groups in total. The van der Waals surface area contributed by atoms with E-state index in [0.29, 0.717) is 12.0 Å². The smallest absolute Gasteiger partial charge is 0.302 e. The van der Waals surface area contributed by atoms with Crippen molar-refractivity contribution in [2.45, 2.75) is 39.3 Å². The van der Waals surface area contributed by atoms with Gasteiger partial charge in [-0.1, -0.05) is 6.92 Å². The van der Waals surface area contributed by atoms with Gasteiger partial charge in [-0.15, -0.1) is 0 Å². The highest BCUT2D eigenvalue weighted by Gasteiger charge is 2.36. The fourth-order valence-electron chi connectivity index (χ4n) is 2.48. The summed E-state index contributed by atoms with van der Waals surface area (Å²) in [6, 6.07) is 0.522. The predicted octanol–water partition coefficient (Wildman–Crippen LogP) is -0.122. The zero-order valence-corrected chi connectivity index (χ0v) is 10.8. The minimum atomic E-state index is -0.163. The van der Waals surface area contributed by atoms with Gasteiger partial charge in [-0.25, -0.2) is 0 Å². The fourth-order valence-corrected chi connectivity index (χ4v) is 2.48. The zero-order valence-electron chi connectivity index (χ0n) is 10.8. The maximum Gasteiger partial charge on any atom is 0.302 e. The van der Waals surface area contributed by atoms with E-state index in [0.717, 1.165) is 26.1 Å². The third-order valence-electron chi connectivity index (χ3n) is 3.71. The number of quaternary nitrogens is 1. The Morgan fingerprint density at radius 1 is 1.44 bits per heavy atom. The molecule has 1 heterocycles. The van der Waals surface area contributed by atoms with Crippen LogP contribution in [0, 0.1) is 5.92 Å². The summed E-state index contributed by atoms with van der Waals surface area (Å²) in [5, 5.41) is 0.